The van der Waals surface area contributed by atoms with Crippen LogP contribution in [0.15, 0.2) is 24.3 Å². The van der Waals surface area contributed by atoms with E-state index in [1.807, 2.05) is 6.92 Å². The first-order valence-corrected chi connectivity index (χ1v) is 7.01. The summed E-state index contributed by atoms with van der Waals surface area (Å²) in [7, 11) is 0. The summed E-state index contributed by atoms with van der Waals surface area (Å²) in [5.74, 6) is -0.210. The Hall–Kier alpha value is -1.76. The van der Waals surface area contributed by atoms with Gasteiger partial charge in [0, 0.05) is 13.1 Å². The molecule has 0 spiro atoms. The van der Waals surface area contributed by atoms with Crippen molar-refractivity contribution in [3.8, 4) is 5.75 Å². The van der Waals surface area contributed by atoms with Crippen LogP contribution in [0.3, 0.4) is 0 Å². The number of nitrogens with zero attached hydrogens (tertiary/aromatic N) is 1. The summed E-state index contributed by atoms with van der Waals surface area (Å²) in [6, 6.07) is 4.50. The molecule has 0 aliphatic carbocycles. The molecule has 0 aromatic heterocycles. The van der Waals surface area contributed by atoms with Gasteiger partial charge in [0.15, 0.2) is 6.61 Å². The lowest BCUT2D eigenvalue weighted by Gasteiger charge is -2.22. The SMILES string of the molecule is CC1(CN)CCN(C(=O)COc2cccc(C(F)(F)F)c2)C1. The maximum absolute atomic E-state index is 12.6. The van der Waals surface area contributed by atoms with Gasteiger partial charge >= 0.3 is 6.18 Å². The standard InChI is InChI=1S/C15H19F3N2O2/c1-14(9-19)5-6-20(10-14)13(21)8-22-12-4-2-3-11(7-12)15(16,17)18/h2-4,7H,5-6,8-10,19H2,1H3. The van der Waals surface area contributed by atoms with Gasteiger partial charge in [0.2, 0.25) is 0 Å². The third-order valence-corrected chi connectivity index (χ3v) is 3.93. The molecular weight excluding hydrogens is 297 g/mol. The molecule has 1 aliphatic heterocycles. The molecule has 1 heterocycles. The molecule has 1 aromatic carbocycles. The van der Waals surface area contributed by atoms with Gasteiger partial charge in [-0.05, 0) is 36.6 Å². The molecule has 1 unspecified atom stereocenters. The van der Waals surface area contributed by atoms with Crippen LogP contribution in [-0.2, 0) is 11.0 Å². The molecule has 1 aromatic rings. The largest absolute Gasteiger partial charge is 0.484 e. The van der Waals surface area contributed by atoms with Crippen LogP contribution in [0.1, 0.15) is 18.9 Å². The molecule has 1 saturated heterocycles. The zero-order valence-electron chi connectivity index (χ0n) is 12.3. The predicted octanol–water partition coefficient (Wildman–Crippen LogP) is 2.28. The molecule has 7 heteroatoms. The Morgan fingerprint density at radius 2 is 2.18 bits per heavy atom. The monoisotopic (exact) mass is 316 g/mol. The van der Waals surface area contributed by atoms with E-state index in [-0.39, 0.29) is 23.7 Å². The molecule has 1 fully saturated rings. The molecule has 1 aliphatic rings. The number of rotatable bonds is 4. The van der Waals surface area contributed by atoms with Gasteiger partial charge in [-0.3, -0.25) is 4.79 Å². The maximum Gasteiger partial charge on any atom is 0.416 e. The fourth-order valence-electron chi connectivity index (χ4n) is 2.40. The van der Waals surface area contributed by atoms with E-state index in [1.165, 1.54) is 12.1 Å². The molecule has 122 valence electrons. The number of benzene rings is 1. The van der Waals surface area contributed by atoms with E-state index in [1.54, 1.807) is 4.90 Å². The average Bonchev–Trinajstić information content (AvgIpc) is 2.88. The summed E-state index contributed by atoms with van der Waals surface area (Å²) in [5.41, 5.74) is 4.79. The zero-order valence-corrected chi connectivity index (χ0v) is 12.3. The van der Waals surface area contributed by atoms with Crippen molar-refractivity contribution < 1.29 is 22.7 Å². The summed E-state index contributed by atoms with van der Waals surface area (Å²) in [5, 5.41) is 0. The number of amides is 1. The van der Waals surface area contributed by atoms with Gasteiger partial charge in [-0.2, -0.15) is 13.2 Å². The summed E-state index contributed by atoms with van der Waals surface area (Å²) in [6.07, 6.45) is -3.61. The predicted molar refractivity (Wildman–Crippen MR) is 75.3 cm³/mol. The second-order valence-corrected chi connectivity index (χ2v) is 5.89. The Kier molecular flexibility index (Phi) is 4.65. The number of alkyl halides is 3. The molecule has 2 N–H and O–H groups in total. The van der Waals surface area contributed by atoms with Crippen LogP contribution in [0.2, 0.25) is 0 Å². The van der Waals surface area contributed by atoms with E-state index in [0.29, 0.717) is 19.6 Å². The lowest BCUT2D eigenvalue weighted by molar-refractivity contribution is -0.137. The van der Waals surface area contributed by atoms with Crippen molar-refractivity contribution in [3.63, 3.8) is 0 Å². The Balaban J connectivity index is 1.92. The Bertz CT molecular complexity index is 548. The van der Waals surface area contributed by atoms with Crippen LogP contribution in [-0.4, -0.2) is 37.0 Å². The minimum Gasteiger partial charge on any atom is -0.484 e. The Morgan fingerprint density at radius 1 is 1.45 bits per heavy atom. The van der Waals surface area contributed by atoms with E-state index < -0.39 is 11.7 Å². The maximum atomic E-state index is 12.6. The second kappa shape index (κ2) is 6.16. The second-order valence-electron chi connectivity index (χ2n) is 5.89. The highest BCUT2D eigenvalue weighted by atomic mass is 19.4. The van der Waals surface area contributed by atoms with E-state index in [9.17, 15) is 18.0 Å². The fraction of sp³-hybridized carbons (Fsp3) is 0.533. The molecule has 1 atom stereocenters. The van der Waals surface area contributed by atoms with Crippen LogP contribution < -0.4 is 10.5 Å². The number of halogens is 3. The van der Waals surface area contributed by atoms with Gasteiger partial charge in [0.1, 0.15) is 5.75 Å². The first-order chi connectivity index (χ1) is 10.2. The molecule has 0 saturated carbocycles. The van der Waals surface area contributed by atoms with Crippen molar-refractivity contribution in [2.45, 2.75) is 19.5 Å². The van der Waals surface area contributed by atoms with Crippen molar-refractivity contribution in [2.75, 3.05) is 26.2 Å². The van der Waals surface area contributed by atoms with Gasteiger partial charge in [0.25, 0.3) is 5.91 Å². The van der Waals surface area contributed by atoms with E-state index in [4.69, 9.17) is 10.5 Å². The number of nitrogens with two attached hydrogens (primary N) is 1. The third-order valence-electron chi connectivity index (χ3n) is 3.93. The smallest absolute Gasteiger partial charge is 0.416 e. The fourth-order valence-corrected chi connectivity index (χ4v) is 2.40. The van der Waals surface area contributed by atoms with Crippen molar-refractivity contribution in [3.05, 3.63) is 29.8 Å². The highest BCUT2D eigenvalue weighted by Gasteiger charge is 2.35. The zero-order chi connectivity index (χ0) is 16.4. The first-order valence-electron chi connectivity index (χ1n) is 7.01. The highest BCUT2D eigenvalue weighted by Crippen LogP contribution is 2.31. The summed E-state index contributed by atoms with van der Waals surface area (Å²) >= 11 is 0. The third kappa shape index (κ3) is 3.91. The molecule has 0 bridgehead atoms. The number of carbonyl (C=O) groups excluding carboxylic acids is 1. The molecule has 4 nitrogen and oxygen atoms in total. The lowest BCUT2D eigenvalue weighted by Crippen LogP contribution is -2.36. The minimum atomic E-state index is -4.43. The van der Waals surface area contributed by atoms with Gasteiger partial charge < -0.3 is 15.4 Å². The number of hydrogen-bond donors (Lipinski definition) is 1. The van der Waals surface area contributed by atoms with Crippen molar-refractivity contribution in [1.82, 2.24) is 4.90 Å². The molecular formula is C15H19F3N2O2. The van der Waals surface area contributed by atoms with Crippen LogP contribution >= 0.6 is 0 Å². The molecule has 0 radical (unpaired) electrons. The van der Waals surface area contributed by atoms with Gasteiger partial charge in [-0.15, -0.1) is 0 Å². The van der Waals surface area contributed by atoms with Gasteiger partial charge in [0.05, 0.1) is 5.56 Å². The molecule has 2 rings (SSSR count). The van der Waals surface area contributed by atoms with Crippen molar-refractivity contribution in [1.29, 1.82) is 0 Å². The highest BCUT2D eigenvalue weighted by molar-refractivity contribution is 5.78. The van der Waals surface area contributed by atoms with Gasteiger partial charge in [-0.1, -0.05) is 13.0 Å². The van der Waals surface area contributed by atoms with Gasteiger partial charge in [-0.25, -0.2) is 0 Å². The molecule has 22 heavy (non-hydrogen) atoms. The van der Waals surface area contributed by atoms with E-state index in [2.05, 4.69) is 0 Å². The topological polar surface area (TPSA) is 55.6 Å². The summed E-state index contributed by atoms with van der Waals surface area (Å²) in [4.78, 5) is 13.7. The summed E-state index contributed by atoms with van der Waals surface area (Å²) < 4.78 is 43.0. The van der Waals surface area contributed by atoms with Crippen molar-refractivity contribution in [2.24, 2.45) is 11.1 Å². The number of likely N-dealkylation sites (tertiary alicyclic amines) is 1. The van der Waals surface area contributed by atoms with Crippen LogP contribution in [0.5, 0.6) is 5.75 Å². The van der Waals surface area contributed by atoms with Crippen LogP contribution in [0.25, 0.3) is 0 Å². The summed E-state index contributed by atoms with van der Waals surface area (Å²) in [6.45, 7) is 3.37. The Labute approximate surface area is 127 Å². The lowest BCUT2D eigenvalue weighted by atomic mass is 9.90. The van der Waals surface area contributed by atoms with Crippen LogP contribution in [0.4, 0.5) is 13.2 Å². The number of ether oxygens (including phenoxy) is 1. The number of carbonyl (C=O) groups is 1. The van der Waals surface area contributed by atoms with Crippen molar-refractivity contribution >= 4 is 5.91 Å². The minimum absolute atomic E-state index is 0.0314. The first kappa shape index (κ1) is 16.6. The van der Waals surface area contributed by atoms with E-state index in [0.717, 1.165) is 18.6 Å². The van der Waals surface area contributed by atoms with E-state index >= 15 is 0 Å². The quantitative estimate of drug-likeness (QED) is 0.927. The Morgan fingerprint density at radius 3 is 2.77 bits per heavy atom. The normalized spacial score (nSPS) is 22.0. The molecule has 1 amide bonds. The average molecular weight is 316 g/mol. The van der Waals surface area contributed by atoms with Crippen LogP contribution in [0, 0.1) is 5.41 Å². The number of hydrogen-bond acceptors (Lipinski definition) is 3.